The molecule has 0 saturated heterocycles. The van der Waals surface area contributed by atoms with E-state index < -0.39 is 8.32 Å². The van der Waals surface area contributed by atoms with Crippen LogP contribution in [-0.4, -0.2) is 13.4 Å². The van der Waals surface area contributed by atoms with Gasteiger partial charge < -0.3 is 9.53 Å². The van der Waals surface area contributed by atoms with Crippen molar-refractivity contribution in [1.29, 1.82) is 0 Å². The van der Waals surface area contributed by atoms with Gasteiger partial charge in [-0.2, -0.15) is 0 Å². The van der Waals surface area contributed by atoms with Crippen molar-refractivity contribution in [2.45, 2.75) is 38.9 Å². The lowest BCUT2D eigenvalue weighted by atomic mass is 10.2. The third kappa shape index (κ3) is 3.75. The Balaban J connectivity index is 3.09. The summed E-state index contributed by atoms with van der Waals surface area (Å²) in [6.45, 7) is 6.65. The van der Waals surface area contributed by atoms with Crippen molar-refractivity contribution in [3.05, 3.63) is 27.8 Å². The summed E-state index contributed by atoms with van der Waals surface area (Å²) in [4.78, 5) is 0. The highest BCUT2D eigenvalue weighted by atomic mass is 127. The summed E-state index contributed by atoms with van der Waals surface area (Å²) in [7, 11) is -1.65. The maximum atomic E-state index is 9.55. The summed E-state index contributed by atoms with van der Waals surface area (Å²) in [5.41, 5.74) is 0.955. The average Bonchev–Trinajstić information content (AvgIpc) is 2.39. The van der Waals surface area contributed by atoms with Gasteiger partial charge in [-0.15, -0.1) is 0 Å². The molecular formula is C14H21IO2Si. The van der Waals surface area contributed by atoms with Gasteiger partial charge in [0.2, 0.25) is 0 Å². The summed E-state index contributed by atoms with van der Waals surface area (Å²) < 4.78 is 8.30. The predicted octanol–water partition coefficient (Wildman–Crippen LogP) is 5.18. The van der Waals surface area contributed by atoms with E-state index in [-0.39, 0.29) is 5.75 Å². The molecule has 1 rings (SSSR count). The summed E-state index contributed by atoms with van der Waals surface area (Å²) in [5, 5.41) is 9.55. The molecule has 4 heteroatoms. The first kappa shape index (κ1) is 15.6. The van der Waals surface area contributed by atoms with Gasteiger partial charge >= 0.3 is 0 Å². The molecule has 2 nitrogen and oxygen atoms in total. The van der Waals surface area contributed by atoms with Gasteiger partial charge in [0.1, 0.15) is 11.5 Å². The third-order valence-electron chi connectivity index (χ3n) is 3.50. The number of benzene rings is 1. The minimum atomic E-state index is -1.65. The molecule has 0 fully saturated rings. The first-order chi connectivity index (χ1) is 8.60. The van der Waals surface area contributed by atoms with Crippen LogP contribution in [0.2, 0.25) is 18.1 Å². The summed E-state index contributed by atoms with van der Waals surface area (Å²) >= 11 is 2.18. The van der Waals surface area contributed by atoms with E-state index in [9.17, 15) is 5.11 Å². The predicted molar refractivity (Wildman–Crippen MR) is 89.0 cm³/mol. The zero-order chi connectivity index (χ0) is 13.6. The van der Waals surface area contributed by atoms with Gasteiger partial charge in [0, 0.05) is 5.56 Å². The van der Waals surface area contributed by atoms with Crippen molar-refractivity contribution in [1.82, 2.24) is 0 Å². The van der Waals surface area contributed by atoms with Crippen LogP contribution >= 0.6 is 22.6 Å². The molecular weight excluding hydrogens is 355 g/mol. The molecule has 1 aromatic carbocycles. The molecule has 0 atom stereocenters. The Bertz CT molecular complexity index is 406. The quantitative estimate of drug-likeness (QED) is 0.548. The van der Waals surface area contributed by atoms with E-state index in [4.69, 9.17) is 4.43 Å². The Labute approximate surface area is 124 Å². The minimum Gasteiger partial charge on any atom is -0.543 e. The summed E-state index contributed by atoms with van der Waals surface area (Å²) in [6.07, 6.45) is 1.97. The first-order valence-electron chi connectivity index (χ1n) is 6.39. The Hall–Kier alpha value is -0.493. The highest BCUT2D eigenvalue weighted by Crippen LogP contribution is 2.31. The minimum absolute atomic E-state index is 0.281. The fourth-order valence-corrected chi connectivity index (χ4v) is 5.00. The average molecular weight is 376 g/mol. The molecule has 0 aliphatic heterocycles. The van der Waals surface area contributed by atoms with Crippen molar-refractivity contribution < 1.29 is 9.53 Å². The van der Waals surface area contributed by atoms with E-state index in [0.29, 0.717) is 0 Å². The van der Waals surface area contributed by atoms with Crippen LogP contribution < -0.4 is 4.43 Å². The van der Waals surface area contributed by atoms with Crippen molar-refractivity contribution in [2.75, 3.05) is 0 Å². The SMILES string of the molecule is CC[Si](CC)(CC)Oc1ccc(O)cc1C=CI. The van der Waals surface area contributed by atoms with Crippen LogP contribution in [0.25, 0.3) is 6.08 Å². The molecule has 100 valence electrons. The molecule has 0 heterocycles. The smallest absolute Gasteiger partial charge is 0.250 e. The lowest BCUT2D eigenvalue weighted by Crippen LogP contribution is -2.39. The molecule has 0 aliphatic rings. The number of phenolic OH excluding ortho intramolecular Hbond substituents is 1. The van der Waals surface area contributed by atoms with Crippen LogP contribution in [0.4, 0.5) is 0 Å². The molecule has 1 aromatic rings. The molecule has 0 aromatic heterocycles. The van der Waals surface area contributed by atoms with E-state index in [2.05, 4.69) is 43.4 Å². The van der Waals surface area contributed by atoms with Crippen LogP contribution in [0.1, 0.15) is 26.3 Å². The molecule has 0 amide bonds. The molecule has 1 N–H and O–H groups in total. The van der Waals surface area contributed by atoms with Crippen LogP contribution in [-0.2, 0) is 0 Å². The van der Waals surface area contributed by atoms with Crippen molar-refractivity contribution in [3.63, 3.8) is 0 Å². The number of halogens is 1. The van der Waals surface area contributed by atoms with Crippen LogP contribution in [0.5, 0.6) is 11.5 Å². The second kappa shape index (κ2) is 7.18. The van der Waals surface area contributed by atoms with Crippen LogP contribution in [0, 0.1) is 0 Å². The Morgan fingerprint density at radius 3 is 2.33 bits per heavy atom. The zero-order valence-electron chi connectivity index (χ0n) is 11.2. The second-order valence-corrected chi connectivity index (χ2v) is 9.77. The van der Waals surface area contributed by atoms with E-state index in [1.807, 2.05) is 16.2 Å². The topological polar surface area (TPSA) is 29.5 Å². The molecule has 0 radical (unpaired) electrons. The van der Waals surface area contributed by atoms with Crippen LogP contribution in [0.15, 0.2) is 22.3 Å². The van der Waals surface area contributed by atoms with Gasteiger partial charge in [0.15, 0.2) is 0 Å². The Kier molecular flexibility index (Phi) is 6.21. The third-order valence-corrected chi connectivity index (χ3v) is 8.37. The van der Waals surface area contributed by atoms with E-state index in [1.54, 1.807) is 12.1 Å². The second-order valence-electron chi connectivity index (χ2n) is 4.36. The maximum Gasteiger partial charge on any atom is 0.250 e. The fourth-order valence-electron chi connectivity index (χ4n) is 2.03. The monoisotopic (exact) mass is 376 g/mol. The molecule has 0 spiro atoms. The highest BCUT2D eigenvalue weighted by Gasteiger charge is 2.31. The molecule has 0 aliphatic carbocycles. The molecule has 18 heavy (non-hydrogen) atoms. The number of hydrogen-bond donors (Lipinski definition) is 1. The van der Waals surface area contributed by atoms with Gasteiger partial charge in [-0.1, -0.05) is 43.4 Å². The van der Waals surface area contributed by atoms with E-state index in [0.717, 1.165) is 29.4 Å². The van der Waals surface area contributed by atoms with E-state index in [1.165, 1.54) is 0 Å². The Morgan fingerprint density at radius 1 is 1.22 bits per heavy atom. The van der Waals surface area contributed by atoms with Crippen LogP contribution in [0.3, 0.4) is 0 Å². The summed E-state index contributed by atoms with van der Waals surface area (Å²) in [6, 6.07) is 8.69. The standard InChI is InChI=1S/C14H21IO2Si/c1-4-18(5-2,6-3)17-14-8-7-13(16)11-12(14)9-10-15/h7-11,16H,4-6H2,1-3H3. The highest BCUT2D eigenvalue weighted by molar-refractivity contribution is 14.1. The maximum absolute atomic E-state index is 9.55. The number of phenols is 1. The number of hydrogen-bond acceptors (Lipinski definition) is 2. The lowest BCUT2D eigenvalue weighted by Gasteiger charge is -2.29. The molecule has 0 unspecified atom stereocenters. The first-order valence-corrected chi connectivity index (χ1v) is 10.2. The van der Waals surface area contributed by atoms with Gasteiger partial charge in [-0.05, 0) is 46.5 Å². The zero-order valence-corrected chi connectivity index (χ0v) is 14.4. The summed E-state index contributed by atoms with van der Waals surface area (Å²) in [5.74, 6) is 1.18. The normalized spacial score (nSPS) is 12.0. The number of aromatic hydroxyl groups is 1. The van der Waals surface area contributed by atoms with Gasteiger partial charge in [-0.25, -0.2) is 0 Å². The van der Waals surface area contributed by atoms with Gasteiger partial charge in [0.25, 0.3) is 8.32 Å². The number of rotatable bonds is 6. The van der Waals surface area contributed by atoms with Crippen molar-refractivity contribution in [3.8, 4) is 11.5 Å². The fraction of sp³-hybridized carbons (Fsp3) is 0.429. The lowest BCUT2D eigenvalue weighted by molar-refractivity contribution is 0.472. The van der Waals surface area contributed by atoms with E-state index >= 15 is 0 Å². The van der Waals surface area contributed by atoms with Gasteiger partial charge in [0.05, 0.1) is 0 Å². The molecule has 0 bridgehead atoms. The van der Waals surface area contributed by atoms with Gasteiger partial charge in [-0.3, -0.25) is 0 Å². The van der Waals surface area contributed by atoms with Crippen molar-refractivity contribution >= 4 is 37.0 Å². The largest absolute Gasteiger partial charge is 0.543 e. The van der Waals surface area contributed by atoms with Crippen molar-refractivity contribution in [2.24, 2.45) is 0 Å². The molecule has 0 saturated carbocycles. The Morgan fingerprint density at radius 2 is 1.83 bits per heavy atom.